The van der Waals surface area contributed by atoms with Gasteiger partial charge in [0.25, 0.3) is 0 Å². The number of aromatic amines is 1. The zero-order valence-corrected chi connectivity index (χ0v) is 17.4. The van der Waals surface area contributed by atoms with Crippen LogP contribution in [0.15, 0.2) is 47.8 Å². The van der Waals surface area contributed by atoms with Gasteiger partial charge in [-0.05, 0) is 24.3 Å². The first-order valence-electron chi connectivity index (χ1n) is 9.45. The highest BCUT2D eigenvalue weighted by Crippen LogP contribution is 2.29. The number of hydrogen-bond donors (Lipinski definition) is 2. The zero-order chi connectivity index (χ0) is 21.8. The number of carbonyl (C=O) groups is 2. The topological polar surface area (TPSA) is 113 Å². The van der Waals surface area contributed by atoms with Crippen LogP contribution in [-0.4, -0.2) is 51.6 Å². The summed E-state index contributed by atoms with van der Waals surface area (Å²) in [7, 11) is 0. The summed E-state index contributed by atoms with van der Waals surface area (Å²) in [6.07, 6.45) is 2.20. The van der Waals surface area contributed by atoms with E-state index in [0.717, 1.165) is 10.7 Å². The van der Waals surface area contributed by atoms with Crippen molar-refractivity contribution in [3.63, 3.8) is 0 Å². The fourth-order valence-corrected chi connectivity index (χ4v) is 3.78. The number of hydrogen-bond acceptors (Lipinski definition) is 7. The van der Waals surface area contributed by atoms with Crippen LogP contribution in [0.1, 0.15) is 12.6 Å². The Morgan fingerprint density at radius 3 is 2.90 bits per heavy atom. The largest absolute Gasteiger partial charge is 0.442 e. The highest BCUT2D eigenvalue weighted by molar-refractivity contribution is 7.98. The summed E-state index contributed by atoms with van der Waals surface area (Å²) in [4.78, 5) is 28.9. The van der Waals surface area contributed by atoms with E-state index in [1.807, 2.05) is 6.07 Å². The van der Waals surface area contributed by atoms with E-state index >= 15 is 0 Å². The molecule has 1 aliphatic rings. The molecule has 1 aliphatic heterocycles. The number of halogens is 1. The molecular weight excluding hydrogens is 423 g/mol. The fourth-order valence-electron chi connectivity index (χ4n) is 3.08. The van der Waals surface area contributed by atoms with Gasteiger partial charge in [-0.25, -0.2) is 9.18 Å². The molecule has 0 saturated carbocycles. The Morgan fingerprint density at radius 2 is 2.23 bits per heavy atom. The van der Waals surface area contributed by atoms with E-state index in [1.165, 1.54) is 29.7 Å². The van der Waals surface area contributed by atoms with Gasteiger partial charge < -0.3 is 10.1 Å². The number of carbonyl (C=O) groups excluding carboxylic acids is 2. The number of pyridine rings is 1. The highest BCUT2D eigenvalue weighted by atomic mass is 32.2. The number of rotatable bonds is 7. The van der Waals surface area contributed by atoms with Gasteiger partial charge in [0, 0.05) is 30.0 Å². The molecule has 2 N–H and O–H groups in total. The van der Waals surface area contributed by atoms with Crippen LogP contribution in [0, 0.1) is 5.82 Å². The molecule has 1 fully saturated rings. The third kappa shape index (κ3) is 5.00. The number of cyclic esters (lactones) is 1. The summed E-state index contributed by atoms with van der Waals surface area (Å²) in [5.74, 6) is -0.0614. The summed E-state index contributed by atoms with van der Waals surface area (Å²) in [6.45, 7) is 1.84. The minimum absolute atomic E-state index is 0.207. The molecule has 31 heavy (non-hydrogen) atoms. The number of benzene rings is 1. The minimum atomic E-state index is -0.571. The number of amides is 2. The van der Waals surface area contributed by atoms with Crippen LogP contribution in [0.3, 0.4) is 0 Å². The molecule has 1 atom stereocenters. The van der Waals surface area contributed by atoms with E-state index in [9.17, 15) is 14.0 Å². The molecule has 1 aromatic carbocycles. The molecule has 0 bridgehead atoms. The van der Waals surface area contributed by atoms with Crippen LogP contribution in [-0.2, 0) is 15.3 Å². The lowest BCUT2D eigenvalue weighted by Gasteiger charge is -2.14. The van der Waals surface area contributed by atoms with Crippen molar-refractivity contribution in [3.05, 3.63) is 54.2 Å². The van der Waals surface area contributed by atoms with Crippen molar-refractivity contribution >= 4 is 29.4 Å². The standard InChI is InChI=1S/C20H19FN6O3S/c1-12(28)22-8-16-10-27(20(29)30-16)15-4-5-17(18(21)6-15)13-2-3-14(23-7-13)11-31-19-9-24-26-25-19/h2-7,9,16H,8,10-11H2,1H3,(H,22,28)(H,24,25,26). The molecule has 3 heterocycles. The number of H-pyrrole nitrogens is 1. The van der Waals surface area contributed by atoms with Gasteiger partial charge in [-0.1, -0.05) is 17.8 Å². The Morgan fingerprint density at radius 1 is 1.35 bits per heavy atom. The minimum Gasteiger partial charge on any atom is -0.442 e. The Bertz CT molecular complexity index is 1080. The van der Waals surface area contributed by atoms with Crippen molar-refractivity contribution in [1.82, 2.24) is 25.7 Å². The molecular formula is C20H19FN6O3S. The smallest absolute Gasteiger partial charge is 0.414 e. The first-order valence-corrected chi connectivity index (χ1v) is 10.4. The molecule has 2 amide bonds. The van der Waals surface area contributed by atoms with Gasteiger partial charge in [0.15, 0.2) is 0 Å². The molecule has 0 aliphatic carbocycles. The number of anilines is 1. The number of aromatic nitrogens is 4. The summed E-state index contributed by atoms with van der Waals surface area (Å²) < 4.78 is 20.0. The van der Waals surface area contributed by atoms with Crippen LogP contribution in [0.4, 0.5) is 14.9 Å². The lowest BCUT2D eigenvalue weighted by molar-refractivity contribution is -0.119. The summed E-state index contributed by atoms with van der Waals surface area (Å²) in [5, 5.41) is 13.7. The fraction of sp³-hybridized carbons (Fsp3) is 0.250. The van der Waals surface area contributed by atoms with Crippen molar-refractivity contribution in [1.29, 1.82) is 0 Å². The van der Waals surface area contributed by atoms with Crippen LogP contribution < -0.4 is 10.2 Å². The predicted molar refractivity (Wildman–Crippen MR) is 112 cm³/mol. The van der Waals surface area contributed by atoms with Crippen LogP contribution in [0.5, 0.6) is 0 Å². The van der Waals surface area contributed by atoms with Crippen molar-refractivity contribution in [2.45, 2.75) is 23.8 Å². The molecule has 4 rings (SSSR count). The average Bonchev–Trinajstić information content (AvgIpc) is 3.41. The van der Waals surface area contributed by atoms with Gasteiger partial charge in [0.05, 0.1) is 30.7 Å². The number of nitrogens with one attached hydrogen (secondary N) is 2. The van der Waals surface area contributed by atoms with Gasteiger partial charge in [-0.3, -0.25) is 14.7 Å². The Balaban J connectivity index is 1.42. The first kappa shape index (κ1) is 20.8. The van der Waals surface area contributed by atoms with Crippen molar-refractivity contribution in [2.75, 3.05) is 18.0 Å². The maximum atomic E-state index is 14.8. The maximum absolute atomic E-state index is 14.8. The van der Waals surface area contributed by atoms with E-state index in [0.29, 0.717) is 22.6 Å². The second-order valence-corrected chi connectivity index (χ2v) is 7.85. The monoisotopic (exact) mass is 442 g/mol. The first-order chi connectivity index (χ1) is 15.0. The highest BCUT2D eigenvalue weighted by Gasteiger charge is 2.32. The second-order valence-electron chi connectivity index (χ2n) is 6.85. The van der Waals surface area contributed by atoms with E-state index in [1.54, 1.807) is 30.6 Å². The van der Waals surface area contributed by atoms with Crippen molar-refractivity contribution in [3.8, 4) is 11.1 Å². The van der Waals surface area contributed by atoms with Crippen LogP contribution >= 0.6 is 11.8 Å². The molecule has 0 spiro atoms. The lowest BCUT2D eigenvalue weighted by atomic mass is 10.1. The van der Waals surface area contributed by atoms with E-state index in [4.69, 9.17) is 4.74 Å². The summed E-state index contributed by atoms with van der Waals surface area (Å²) in [5.41, 5.74) is 2.24. The van der Waals surface area contributed by atoms with Gasteiger partial charge in [-0.2, -0.15) is 10.3 Å². The zero-order valence-electron chi connectivity index (χ0n) is 16.5. The molecule has 1 unspecified atom stereocenters. The Kier molecular flexibility index (Phi) is 6.12. The Hall–Kier alpha value is -3.47. The SMILES string of the molecule is CC(=O)NCC1CN(c2ccc(-c3ccc(CSc4cn[nH]n4)nc3)c(F)c2)C(=O)O1. The number of thioether (sulfide) groups is 1. The normalized spacial score (nSPS) is 15.7. The Labute approximate surface area is 181 Å². The molecule has 0 radical (unpaired) electrons. The number of ether oxygens (including phenoxy) is 1. The van der Waals surface area contributed by atoms with Crippen LogP contribution in [0.2, 0.25) is 0 Å². The van der Waals surface area contributed by atoms with Gasteiger partial charge in [-0.15, -0.1) is 5.10 Å². The van der Waals surface area contributed by atoms with Crippen molar-refractivity contribution in [2.24, 2.45) is 0 Å². The predicted octanol–water partition coefficient (Wildman–Crippen LogP) is 2.76. The second kappa shape index (κ2) is 9.13. The van der Waals surface area contributed by atoms with E-state index in [-0.39, 0.29) is 19.0 Å². The summed E-state index contributed by atoms with van der Waals surface area (Å²) >= 11 is 1.49. The molecule has 9 nitrogen and oxygen atoms in total. The van der Waals surface area contributed by atoms with E-state index in [2.05, 4.69) is 25.7 Å². The van der Waals surface area contributed by atoms with Crippen molar-refractivity contribution < 1.29 is 18.7 Å². The maximum Gasteiger partial charge on any atom is 0.414 e. The molecule has 2 aromatic heterocycles. The third-order valence-electron chi connectivity index (χ3n) is 4.61. The van der Waals surface area contributed by atoms with Crippen LogP contribution in [0.25, 0.3) is 11.1 Å². The van der Waals surface area contributed by atoms with Gasteiger partial charge >= 0.3 is 6.09 Å². The molecule has 11 heteroatoms. The van der Waals surface area contributed by atoms with Gasteiger partial charge in [0.1, 0.15) is 16.9 Å². The van der Waals surface area contributed by atoms with E-state index < -0.39 is 18.0 Å². The molecule has 160 valence electrons. The average molecular weight is 442 g/mol. The van der Waals surface area contributed by atoms with Gasteiger partial charge in [0.2, 0.25) is 5.91 Å². The summed E-state index contributed by atoms with van der Waals surface area (Å²) in [6, 6.07) is 8.21. The molecule has 1 saturated heterocycles. The quantitative estimate of drug-likeness (QED) is 0.541. The third-order valence-corrected chi connectivity index (χ3v) is 5.55. The lowest BCUT2D eigenvalue weighted by Crippen LogP contribution is -2.33. The molecule has 3 aromatic rings. The number of nitrogens with zero attached hydrogens (tertiary/aromatic N) is 4.